The molecule has 2 rings (SSSR count). The molecule has 0 aliphatic heterocycles. The maximum atomic E-state index is 13.7. The Balaban J connectivity index is 2.27. The summed E-state index contributed by atoms with van der Waals surface area (Å²) in [5.74, 6) is -0.919. The van der Waals surface area contributed by atoms with E-state index in [1.54, 1.807) is 25.1 Å². The third-order valence-electron chi connectivity index (χ3n) is 2.72. The number of benzene rings is 2. The van der Waals surface area contributed by atoms with Gasteiger partial charge in [-0.1, -0.05) is 27.5 Å². The molecule has 100 valence electrons. The molecule has 1 atom stereocenters. The number of rotatable bonds is 3. The van der Waals surface area contributed by atoms with Crippen molar-refractivity contribution in [1.82, 2.24) is 0 Å². The lowest BCUT2D eigenvalue weighted by molar-refractivity contribution is 0.577. The Kier molecular flexibility index (Phi) is 4.42. The number of halogens is 4. The van der Waals surface area contributed by atoms with Gasteiger partial charge in [-0.3, -0.25) is 0 Å². The van der Waals surface area contributed by atoms with E-state index in [0.717, 1.165) is 16.6 Å². The first-order valence-corrected chi connectivity index (χ1v) is 6.81. The zero-order valence-corrected chi connectivity index (χ0v) is 12.4. The fourth-order valence-electron chi connectivity index (χ4n) is 1.77. The first-order chi connectivity index (χ1) is 8.97. The van der Waals surface area contributed by atoms with Crippen LogP contribution in [0.1, 0.15) is 18.5 Å². The molecule has 0 spiro atoms. The van der Waals surface area contributed by atoms with Crippen LogP contribution in [0.25, 0.3) is 0 Å². The SMILES string of the molecule is CC(Nc1cc(Br)ccc1Cl)c1cc(F)ccc1F. The minimum absolute atomic E-state index is 0.260. The highest BCUT2D eigenvalue weighted by Crippen LogP contribution is 2.30. The number of nitrogens with one attached hydrogen (secondary N) is 1. The van der Waals surface area contributed by atoms with Crippen LogP contribution in [0, 0.1) is 11.6 Å². The van der Waals surface area contributed by atoms with Crippen molar-refractivity contribution in [3.63, 3.8) is 0 Å². The number of hydrogen-bond acceptors (Lipinski definition) is 1. The average Bonchev–Trinajstić information content (AvgIpc) is 2.36. The van der Waals surface area contributed by atoms with E-state index in [1.165, 1.54) is 6.07 Å². The Labute approximate surface area is 123 Å². The van der Waals surface area contributed by atoms with E-state index >= 15 is 0 Å². The summed E-state index contributed by atoms with van der Waals surface area (Å²) in [5.41, 5.74) is 0.920. The van der Waals surface area contributed by atoms with Crippen LogP contribution in [-0.4, -0.2) is 0 Å². The lowest BCUT2D eigenvalue weighted by Gasteiger charge is -2.17. The van der Waals surface area contributed by atoms with E-state index in [-0.39, 0.29) is 5.56 Å². The van der Waals surface area contributed by atoms with Crippen molar-refractivity contribution >= 4 is 33.2 Å². The molecule has 1 N–H and O–H groups in total. The monoisotopic (exact) mass is 345 g/mol. The van der Waals surface area contributed by atoms with Crippen LogP contribution in [0.2, 0.25) is 5.02 Å². The maximum absolute atomic E-state index is 13.7. The summed E-state index contributed by atoms with van der Waals surface area (Å²) in [4.78, 5) is 0. The summed E-state index contributed by atoms with van der Waals surface area (Å²) < 4.78 is 27.7. The second kappa shape index (κ2) is 5.88. The third kappa shape index (κ3) is 3.45. The minimum Gasteiger partial charge on any atom is -0.377 e. The summed E-state index contributed by atoms with van der Waals surface area (Å²) in [5, 5.41) is 3.59. The Morgan fingerprint density at radius 3 is 2.63 bits per heavy atom. The van der Waals surface area contributed by atoms with Crippen molar-refractivity contribution in [1.29, 1.82) is 0 Å². The fourth-order valence-corrected chi connectivity index (χ4v) is 2.30. The molecular weight excluding hydrogens is 336 g/mol. The molecule has 5 heteroatoms. The van der Waals surface area contributed by atoms with Gasteiger partial charge in [0.05, 0.1) is 16.8 Å². The smallest absolute Gasteiger partial charge is 0.128 e. The maximum Gasteiger partial charge on any atom is 0.128 e. The highest BCUT2D eigenvalue weighted by molar-refractivity contribution is 9.10. The topological polar surface area (TPSA) is 12.0 Å². The molecule has 0 aliphatic carbocycles. The fraction of sp³-hybridized carbons (Fsp3) is 0.143. The summed E-state index contributed by atoms with van der Waals surface area (Å²) in [6.45, 7) is 1.75. The van der Waals surface area contributed by atoms with Gasteiger partial charge in [0.1, 0.15) is 11.6 Å². The van der Waals surface area contributed by atoms with E-state index in [2.05, 4.69) is 21.2 Å². The van der Waals surface area contributed by atoms with E-state index in [0.29, 0.717) is 10.7 Å². The van der Waals surface area contributed by atoms with Crippen molar-refractivity contribution in [2.24, 2.45) is 0 Å². The average molecular weight is 347 g/mol. The van der Waals surface area contributed by atoms with Gasteiger partial charge >= 0.3 is 0 Å². The highest BCUT2D eigenvalue weighted by atomic mass is 79.9. The van der Waals surface area contributed by atoms with Crippen LogP contribution in [-0.2, 0) is 0 Å². The Morgan fingerprint density at radius 2 is 1.89 bits per heavy atom. The van der Waals surface area contributed by atoms with Crippen molar-refractivity contribution in [2.45, 2.75) is 13.0 Å². The van der Waals surface area contributed by atoms with Gasteiger partial charge in [-0.25, -0.2) is 8.78 Å². The molecule has 19 heavy (non-hydrogen) atoms. The molecular formula is C14H11BrClF2N. The molecule has 0 amide bonds. The lowest BCUT2D eigenvalue weighted by atomic mass is 10.1. The van der Waals surface area contributed by atoms with Crippen LogP contribution in [0.15, 0.2) is 40.9 Å². The van der Waals surface area contributed by atoms with E-state index in [4.69, 9.17) is 11.6 Å². The van der Waals surface area contributed by atoms with Gasteiger partial charge < -0.3 is 5.32 Å². The quantitative estimate of drug-likeness (QED) is 0.768. The van der Waals surface area contributed by atoms with Crippen molar-refractivity contribution in [2.75, 3.05) is 5.32 Å². The van der Waals surface area contributed by atoms with E-state index in [9.17, 15) is 8.78 Å². The zero-order chi connectivity index (χ0) is 14.0. The molecule has 0 heterocycles. The van der Waals surface area contributed by atoms with E-state index in [1.807, 2.05) is 0 Å². The van der Waals surface area contributed by atoms with Crippen LogP contribution in [0.5, 0.6) is 0 Å². The summed E-state index contributed by atoms with van der Waals surface area (Å²) >= 11 is 9.38. The molecule has 2 aromatic carbocycles. The summed E-state index contributed by atoms with van der Waals surface area (Å²) in [7, 11) is 0. The molecule has 0 fully saturated rings. The molecule has 0 saturated heterocycles. The second-order valence-corrected chi connectivity index (χ2v) is 5.48. The van der Waals surface area contributed by atoms with Crippen LogP contribution < -0.4 is 5.32 Å². The molecule has 2 aromatic rings. The van der Waals surface area contributed by atoms with Crippen molar-refractivity contribution < 1.29 is 8.78 Å². The Hall–Kier alpha value is -1.13. The number of anilines is 1. The normalized spacial score (nSPS) is 12.3. The molecule has 1 unspecified atom stereocenters. The Morgan fingerprint density at radius 1 is 1.16 bits per heavy atom. The highest BCUT2D eigenvalue weighted by Gasteiger charge is 2.13. The second-order valence-electron chi connectivity index (χ2n) is 4.16. The predicted molar refractivity (Wildman–Crippen MR) is 77.5 cm³/mol. The third-order valence-corrected chi connectivity index (χ3v) is 3.55. The van der Waals surface area contributed by atoms with Gasteiger partial charge in [0.25, 0.3) is 0 Å². The van der Waals surface area contributed by atoms with Gasteiger partial charge in [0, 0.05) is 10.0 Å². The van der Waals surface area contributed by atoms with Gasteiger partial charge in [-0.05, 0) is 43.3 Å². The van der Waals surface area contributed by atoms with Crippen molar-refractivity contribution in [3.8, 4) is 0 Å². The largest absolute Gasteiger partial charge is 0.377 e. The van der Waals surface area contributed by atoms with Gasteiger partial charge in [0.15, 0.2) is 0 Å². The number of hydrogen-bond donors (Lipinski definition) is 1. The summed E-state index contributed by atoms with van der Waals surface area (Å²) in [6, 6.07) is 8.31. The molecule has 0 saturated carbocycles. The lowest BCUT2D eigenvalue weighted by Crippen LogP contribution is -2.09. The van der Waals surface area contributed by atoms with E-state index < -0.39 is 17.7 Å². The molecule has 0 radical (unpaired) electrons. The van der Waals surface area contributed by atoms with Gasteiger partial charge in [-0.15, -0.1) is 0 Å². The molecule has 0 aliphatic rings. The van der Waals surface area contributed by atoms with Crippen molar-refractivity contribution in [3.05, 3.63) is 63.1 Å². The van der Waals surface area contributed by atoms with Gasteiger partial charge in [-0.2, -0.15) is 0 Å². The molecule has 0 aromatic heterocycles. The zero-order valence-electron chi connectivity index (χ0n) is 10.1. The molecule has 0 bridgehead atoms. The first-order valence-electron chi connectivity index (χ1n) is 5.64. The summed E-state index contributed by atoms with van der Waals surface area (Å²) in [6.07, 6.45) is 0. The van der Waals surface area contributed by atoms with Crippen LogP contribution in [0.4, 0.5) is 14.5 Å². The predicted octanol–water partition coefficient (Wildman–Crippen LogP) is 5.55. The minimum atomic E-state index is -0.467. The first kappa shape index (κ1) is 14.3. The molecule has 1 nitrogen and oxygen atoms in total. The van der Waals surface area contributed by atoms with Crippen LogP contribution >= 0.6 is 27.5 Å². The standard InChI is InChI=1S/C14H11BrClF2N/c1-8(11-7-10(17)3-5-13(11)18)19-14-6-9(15)2-4-12(14)16/h2-8,19H,1H3. The Bertz CT molecular complexity index is 604. The van der Waals surface area contributed by atoms with Crippen LogP contribution in [0.3, 0.4) is 0 Å². The van der Waals surface area contributed by atoms with Gasteiger partial charge in [0.2, 0.25) is 0 Å².